The molecule has 0 aliphatic heterocycles. The van der Waals surface area contributed by atoms with Crippen LogP contribution in [0.3, 0.4) is 0 Å². The number of aliphatic carboxylic acids is 1. The average Bonchev–Trinajstić information content (AvgIpc) is 2.60. The molecule has 1 aromatic rings. The monoisotopic (exact) mass is 287 g/mol. The fraction of sp³-hybridized carbons (Fsp3) is 0.500. The van der Waals surface area contributed by atoms with Crippen molar-refractivity contribution in [3.05, 3.63) is 15.0 Å². The van der Waals surface area contributed by atoms with Crippen molar-refractivity contribution >= 4 is 29.5 Å². The Hall–Kier alpha value is -0.930. The lowest BCUT2D eigenvalue weighted by atomic mass is 9.87. The van der Waals surface area contributed by atoms with Crippen molar-refractivity contribution in [1.82, 2.24) is 4.98 Å². The van der Waals surface area contributed by atoms with Crippen molar-refractivity contribution in [3.8, 4) is 0 Å². The van der Waals surface area contributed by atoms with Crippen LogP contribution in [0.1, 0.15) is 11.8 Å². The summed E-state index contributed by atoms with van der Waals surface area (Å²) in [6.45, 7) is 0.790. The molecule has 0 aliphatic rings. The molecule has 0 saturated heterocycles. The van der Waals surface area contributed by atoms with E-state index < -0.39 is 28.5 Å². The van der Waals surface area contributed by atoms with E-state index in [0.29, 0.717) is 11.3 Å². The first kappa shape index (κ1) is 14.1. The Labute approximate surface area is 103 Å². The van der Waals surface area contributed by atoms with Crippen molar-refractivity contribution in [2.24, 2.45) is 5.92 Å². The zero-order valence-corrected chi connectivity index (χ0v) is 10.0. The van der Waals surface area contributed by atoms with Gasteiger partial charge in [-0.1, -0.05) is 0 Å². The first-order valence-corrected chi connectivity index (χ1v) is 5.54. The Kier molecular flexibility index (Phi) is 3.65. The SMILES string of the molecule is CC(C(=O)O)C(O)(c1c[nH]c(=S)s1)C(F)(F)F. The normalized spacial score (nSPS) is 17.5. The maximum atomic E-state index is 12.9. The maximum Gasteiger partial charge on any atom is 0.423 e. The van der Waals surface area contributed by atoms with Gasteiger partial charge in [0.1, 0.15) is 0 Å². The summed E-state index contributed by atoms with van der Waals surface area (Å²) in [7, 11) is 0. The highest BCUT2D eigenvalue weighted by atomic mass is 32.1. The van der Waals surface area contributed by atoms with E-state index in [1.165, 1.54) is 0 Å². The number of nitrogens with one attached hydrogen (secondary N) is 1. The standard InChI is InChI=1S/C8H8F3NO3S2/c1-3(5(13)14)7(15,8(9,10)11)4-2-12-6(16)17-4/h2-3,15H,1H3,(H,12,16)(H,13,14). The molecular weight excluding hydrogens is 279 g/mol. The van der Waals surface area contributed by atoms with Crippen molar-refractivity contribution in [1.29, 1.82) is 0 Å². The lowest BCUT2D eigenvalue weighted by molar-refractivity contribution is -0.282. The van der Waals surface area contributed by atoms with Gasteiger partial charge in [0.05, 0.1) is 10.8 Å². The van der Waals surface area contributed by atoms with Gasteiger partial charge < -0.3 is 15.2 Å². The minimum absolute atomic E-state index is 0.0280. The van der Waals surface area contributed by atoms with Gasteiger partial charge in [0.25, 0.3) is 0 Å². The second-order valence-corrected chi connectivity index (χ2v) is 5.09. The van der Waals surface area contributed by atoms with Crippen LogP contribution in [0.4, 0.5) is 13.2 Å². The molecule has 0 radical (unpaired) electrons. The number of carboxylic acid groups (broad SMARTS) is 1. The molecule has 0 fully saturated rings. The first-order valence-electron chi connectivity index (χ1n) is 4.31. The zero-order valence-electron chi connectivity index (χ0n) is 8.41. The number of hydrogen-bond acceptors (Lipinski definition) is 4. The Morgan fingerprint density at radius 3 is 2.41 bits per heavy atom. The highest BCUT2D eigenvalue weighted by molar-refractivity contribution is 7.73. The number of aromatic nitrogens is 1. The van der Waals surface area contributed by atoms with E-state index in [1.54, 1.807) is 0 Å². The van der Waals surface area contributed by atoms with Gasteiger partial charge in [0.2, 0.25) is 5.60 Å². The number of H-pyrrole nitrogens is 1. The van der Waals surface area contributed by atoms with Crippen LogP contribution < -0.4 is 0 Å². The molecule has 1 heterocycles. The Balaban J connectivity index is 3.40. The number of aliphatic hydroxyl groups is 1. The molecule has 96 valence electrons. The fourth-order valence-electron chi connectivity index (χ4n) is 1.25. The van der Waals surface area contributed by atoms with Gasteiger partial charge >= 0.3 is 12.1 Å². The number of thiazole rings is 1. The second-order valence-electron chi connectivity index (χ2n) is 3.37. The molecule has 0 aromatic carbocycles. The number of aromatic amines is 1. The molecule has 3 N–H and O–H groups in total. The van der Waals surface area contributed by atoms with E-state index in [1.807, 2.05) is 0 Å². The van der Waals surface area contributed by atoms with Gasteiger partial charge in [0, 0.05) is 6.20 Å². The smallest absolute Gasteiger partial charge is 0.423 e. The third-order valence-corrected chi connectivity index (χ3v) is 3.65. The van der Waals surface area contributed by atoms with Crippen LogP contribution in [0.5, 0.6) is 0 Å². The van der Waals surface area contributed by atoms with Crippen LogP contribution in [-0.4, -0.2) is 27.3 Å². The third-order valence-electron chi connectivity index (χ3n) is 2.33. The predicted octanol–water partition coefficient (Wildman–Crippen LogP) is 2.28. The molecule has 0 saturated carbocycles. The average molecular weight is 287 g/mol. The molecular formula is C8H8F3NO3S2. The number of carboxylic acids is 1. The second kappa shape index (κ2) is 4.39. The summed E-state index contributed by atoms with van der Waals surface area (Å²) in [5.74, 6) is -3.78. The number of carbonyl (C=O) groups is 1. The van der Waals surface area contributed by atoms with Gasteiger partial charge in [-0.05, 0) is 19.1 Å². The van der Waals surface area contributed by atoms with Gasteiger partial charge in [-0.15, -0.1) is 11.3 Å². The van der Waals surface area contributed by atoms with Crippen LogP contribution in [0.2, 0.25) is 0 Å². The molecule has 17 heavy (non-hydrogen) atoms. The molecule has 1 aromatic heterocycles. The molecule has 2 unspecified atom stereocenters. The van der Waals surface area contributed by atoms with Crippen molar-refractivity contribution in [2.75, 3.05) is 0 Å². The molecule has 0 aliphatic carbocycles. The predicted molar refractivity (Wildman–Crippen MR) is 56.3 cm³/mol. The van der Waals surface area contributed by atoms with Crippen LogP contribution >= 0.6 is 23.6 Å². The minimum atomic E-state index is -5.11. The zero-order chi connectivity index (χ0) is 13.4. The number of hydrogen-bond donors (Lipinski definition) is 3. The van der Waals surface area contributed by atoms with Crippen molar-refractivity contribution in [2.45, 2.75) is 18.7 Å². The molecule has 0 bridgehead atoms. The topological polar surface area (TPSA) is 73.3 Å². The van der Waals surface area contributed by atoms with Crippen molar-refractivity contribution in [3.63, 3.8) is 0 Å². The highest BCUT2D eigenvalue weighted by Crippen LogP contribution is 2.46. The summed E-state index contributed by atoms with van der Waals surface area (Å²) >= 11 is 5.11. The lowest BCUT2D eigenvalue weighted by Crippen LogP contribution is -2.49. The number of rotatable bonds is 3. The highest BCUT2D eigenvalue weighted by Gasteiger charge is 2.61. The van der Waals surface area contributed by atoms with Crippen molar-refractivity contribution < 1.29 is 28.2 Å². The molecule has 1 rings (SSSR count). The van der Waals surface area contributed by atoms with E-state index in [2.05, 4.69) is 17.2 Å². The molecule has 9 heteroatoms. The quantitative estimate of drug-likeness (QED) is 0.746. The summed E-state index contributed by atoms with van der Waals surface area (Å²) in [4.78, 5) is 12.4. The fourth-order valence-corrected chi connectivity index (χ4v) is 2.46. The van der Waals surface area contributed by atoms with Gasteiger partial charge in [-0.2, -0.15) is 13.2 Å². The van der Waals surface area contributed by atoms with Crippen LogP contribution in [0.15, 0.2) is 6.20 Å². The summed E-state index contributed by atoms with van der Waals surface area (Å²) in [5.41, 5.74) is -3.45. The number of alkyl halides is 3. The van der Waals surface area contributed by atoms with E-state index in [4.69, 9.17) is 5.11 Å². The largest absolute Gasteiger partial charge is 0.481 e. The van der Waals surface area contributed by atoms with Gasteiger partial charge in [-0.3, -0.25) is 4.79 Å². The molecule has 0 spiro atoms. The van der Waals surface area contributed by atoms with E-state index in [-0.39, 0.29) is 3.95 Å². The summed E-state index contributed by atoms with van der Waals surface area (Å²) in [6, 6.07) is 0. The molecule has 2 atom stereocenters. The Morgan fingerprint density at radius 2 is 2.12 bits per heavy atom. The molecule has 4 nitrogen and oxygen atoms in total. The Bertz CT molecular complexity index is 481. The van der Waals surface area contributed by atoms with Gasteiger partial charge in [0.15, 0.2) is 3.95 Å². The van der Waals surface area contributed by atoms with Crippen LogP contribution in [-0.2, 0) is 10.4 Å². The van der Waals surface area contributed by atoms with Crippen LogP contribution in [0, 0.1) is 9.87 Å². The van der Waals surface area contributed by atoms with E-state index in [0.717, 1.165) is 13.1 Å². The summed E-state index contributed by atoms with van der Waals surface area (Å²) in [6.07, 6.45) is -4.23. The lowest BCUT2D eigenvalue weighted by Gasteiger charge is -2.32. The molecule has 0 amide bonds. The van der Waals surface area contributed by atoms with Crippen LogP contribution in [0.25, 0.3) is 0 Å². The van der Waals surface area contributed by atoms with E-state index >= 15 is 0 Å². The minimum Gasteiger partial charge on any atom is -0.481 e. The summed E-state index contributed by atoms with van der Waals surface area (Å²) < 4.78 is 38.6. The maximum absolute atomic E-state index is 12.9. The number of halogens is 3. The first-order chi connectivity index (χ1) is 7.60. The van der Waals surface area contributed by atoms with Gasteiger partial charge in [-0.25, -0.2) is 0 Å². The van der Waals surface area contributed by atoms with E-state index in [9.17, 15) is 23.1 Å². The Morgan fingerprint density at radius 1 is 1.59 bits per heavy atom. The summed E-state index contributed by atoms with van der Waals surface area (Å²) in [5, 5.41) is 18.4. The third kappa shape index (κ3) is 2.35.